The largest absolute Gasteiger partial charge is 0.488 e. The Morgan fingerprint density at radius 3 is 2.52 bits per heavy atom. The first-order valence-corrected chi connectivity index (χ1v) is 9.51. The summed E-state index contributed by atoms with van der Waals surface area (Å²) in [5.74, 6) is 0.910. The Morgan fingerprint density at radius 2 is 1.87 bits per heavy atom. The third-order valence-electron chi connectivity index (χ3n) is 4.82. The molecule has 0 unspecified atom stereocenters. The van der Waals surface area contributed by atoms with E-state index in [1.54, 1.807) is 22.9 Å². The van der Waals surface area contributed by atoms with Crippen LogP contribution in [0.1, 0.15) is 11.1 Å². The van der Waals surface area contributed by atoms with Gasteiger partial charge < -0.3 is 9.47 Å². The van der Waals surface area contributed by atoms with Crippen LogP contribution in [-0.2, 0) is 20.7 Å². The number of hydrogen-bond acceptors (Lipinski definition) is 6. The topological polar surface area (TPSA) is 89.0 Å². The lowest BCUT2D eigenvalue weighted by Crippen LogP contribution is -2.23. The standard InChI is InChI=1S/C21H21FN6O3/c1-14-11-15(17-9-10-26(2)23-17)7-8-19(14)30-12-16-18(5-4-6-20(16)31-13-22)28-21(29)27(3)24-25-28/h4-11H,12-13H2,1-3H3. The molecule has 0 fully saturated rings. The number of alkyl halides is 1. The lowest BCUT2D eigenvalue weighted by Gasteiger charge is -2.15. The Balaban J connectivity index is 1.65. The van der Waals surface area contributed by atoms with Crippen LogP contribution in [0.25, 0.3) is 16.9 Å². The highest BCUT2D eigenvalue weighted by atomic mass is 19.1. The predicted molar refractivity (Wildman–Crippen MR) is 111 cm³/mol. The second-order valence-electron chi connectivity index (χ2n) is 6.95. The second kappa shape index (κ2) is 8.42. The molecule has 2 aromatic carbocycles. The molecule has 9 nitrogen and oxygen atoms in total. The first-order valence-electron chi connectivity index (χ1n) is 9.51. The van der Waals surface area contributed by atoms with Crippen molar-refractivity contribution in [3.05, 3.63) is 70.3 Å². The summed E-state index contributed by atoms with van der Waals surface area (Å²) in [6, 6.07) is 12.6. The average molecular weight is 424 g/mol. The Labute approximate surface area is 177 Å². The fourth-order valence-corrected chi connectivity index (χ4v) is 3.25. The molecule has 2 aromatic heterocycles. The first-order chi connectivity index (χ1) is 15.0. The lowest BCUT2D eigenvalue weighted by atomic mass is 10.1. The fourth-order valence-electron chi connectivity index (χ4n) is 3.25. The highest BCUT2D eigenvalue weighted by molar-refractivity contribution is 5.61. The Bertz CT molecular complexity index is 1280. The van der Waals surface area contributed by atoms with Crippen molar-refractivity contribution in [1.29, 1.82) is 0 Å². The van der Waals surface area contributed by atoms with Gasteiger partial charge in [0.1, 0.15) is 18.1 Å². The number of aromatic nitrogens is 6. The number of halogens is 1. The van der Waals surface area contributed by atoms with E-state index < -0.39 is 12.6 Å². The fraction of sp³-hybridized carbons (Fsp3) is 0.238. The number of aryl methyl sites for hydroxylation is 3. The Hall–Kier alpha value is -3.95. The summed E-state index contributed by atoms with van der Waals surface area (Å²) < 4.78 is 28.0. The molecule has 4 aromatic rings. The van der Waals surface area contributed by atoms with Crippen LogP contribution in [0.5, 0.6) is 11.5 Å². The van der Waals surface area contributed by atoms with Crippen LogP contribution in [0.3, 0.4) is 0 Å². The van der Waals surface area contributed by atoms with E-state index in [-0.39, 0.29) is 12.4 Å². The first kappa shape index (κ1) is 20.3. The van der Waals surface area contributed by atoms with E-state index >= 15 is 0 Å². The lowest BCUT2D eigenvalue weighted by molar-refractivity contribution is 0.186. The maximum absolute atomic E-state index is 12.9. The Morgan fingerprint density at radius 1 is 1.03 bits per heavy atom. The predicted octanol–water partition coefficient (Wildman–Crippen LogP) is 2.56. The van der Waals surface area contributed by atoms with E-state index in [0.717, 1.165) is 26.2 Å². The van der Waals surface area contributed by atoms with Gasteiger partial charge in [-0.05, 0) is 59.3 Å². The van der Waals surface area contributed by atoms with Gasteiger partial charge in [0.2, 0.25) is 6.86 Å². The average Bonchev–Trinajstić information content (AvgIpc) is 3.33. The van der Waals surface area contributed by atoms with Crippen LogP contribution in [0.15, 0.2) is 53.5 Å². The number of ether oxygens (including phenoxy) is 2. The molecule has 10 heteroatoms. The van der Waals surface area contributed by atoms with E-state index in [1.807, 2.05) is 44.4 Å². The SMILES string of the molecule is Cc1cc(-c2ccn(C)n2)ccc1OCc1c(OCF)cccc1-n1nnn(C)c1=O. The maximum atomic E-state index is 12.9. The van der Waals surface area contributed by atoms with Gasteiger partial charge in [-0.3, -0.25) is 4.68 Å². The summed E-state index contributed by atoms with van der Waals surface area (Å²) in [6.45, 7) is 0.960. The van der Waals surface area contributed by atoms with E-state index in [9.17, 15) is 9.18 Å². The van der Waals surface area contributed by atoms with Crippen molar-refractivity contribution in [3.8, 4) is 28.4 Å². The highest BCUT2D eigenvalue weighted by Gasteiger charge is 2.17. The summed E-state index contributed by atoms with van der Waals surface area (Å²) in [5.41, 5.74) is 3.20. The van der Waals surface area contributed by atoms with E-state index in [0.29, 0.717) is 17.0 Å². The van der Waals surface area contributed by atoms with Gasteiger partial charge >= 0.3 is 5.69 Å². The van der Waals surface area contributed by atoms with Gasteiger partial charge in [-0.25, -0.2) is 9.18 Å². The van der Waals surface area contributed by atoms with Crippen LogP contribution in [0.4, 0.5) is 4.39 Å². The molecule has 0 aliphatic heterocycles. The monoisotopic (exact) mass is 424 g/mol. The molecule has 0 spiro atoms. The minimum absolute atomic E-state index is 0.0400. The van der Waals surface area contributed by atoms with Crippen molar-refractivity contribution in [2.75, 3.05) is 6.86 Å². The van der Waals surface area contributed by atoms with Gasteiger partial charge in [-0.15, -0.1) is 0 Å². The zero-order valence-corrected chi connectivity index (χ0v) is 17.3. The molecule has 0 bridgehead atoms. The number of rotatable bonds is 7. The van der Waals surface area contributed by atoms with Crippen LogP contribution >= 0.6 is 0 Å². The molecule has 0 radical (unpaired) electrons. The summed E-state index contributed by atoms with van der Waals surface area (Å²) >= 11 is 0. The molecular formula is C21H21FN6O3. The molecule has 0 N–H and O–H groups in total. The van der Waals surface area contributed by atoms with E-state index in [2.05, 4.69) is 15.5 Å². The molecular weight excluding hydrogens is 403 g/mol. The molecule has 0 saturated heterocycles. The Kier molecular flexibility index (Phi) is 5.52. The molecule has 0 saturated carbocycles. The van der Waals surface area contributed by atoms with Crippen molar-refractivity contribution < 1.29 is 13.9 Å². The van der Waals surface area contributed by atoms with Crippen molar-refractivity contribution in [1.82, 2.24) is 29.6 Å². The summed E-state index contributed by atoms with van der Waals surface area (Å²) in [4.78, 5) is 12.3. The molecule has 4 rings (SSSR count). The molecule has 31 heavy (non-hydrogen) atoms. The van der Waals surface area contributed by atoms with Gasteiger partial charge in [0.25, 0.3) is 0 Å². The molecule has 0 aliphatic rings. The zero-order chi connectivity index (χ0) is 22.0. The van der Waals surface area contributed by atoms with Gasteiger partial charge in [-0.2, -0.15) is 14.5 Å². The molecule has 0 amide bonds. The molecule has 0 aliphatic carbocycles. The number of benzene rings is 2. The third kappa shape index (κ3) is 4.04. The van der Waals surface area contributed by atoms with Crippen molar-refractivity contribution >= 4 is 0 Å². The van der Waals surface area contributed by atoms with E-state index in [1.165, 1.54) is 7.05 Å². The number of tetrazole rings is 1. The maximum Gasteiger partial charge on any atom is 0.368 e. The highest BCUT2D eigenvalue weighted by Crippen LogP contribution is 2.29. The summed E-state index contributed by atoms with van der Waals surface area (Å²) in [5, 5.41) is 12.0. The normalized spacial score (nSPS) is 11.0. The number of hydrogen-bond donors (Lipinski definition) is 0. The quantitative estimate of drug-likeness (QED) is 0.453. The van der Waals surface area contributed by atoms with Crippen LogP contribution in [0.2, 0.25) is 0 Å². The minimum atomic E-state index is -1.01. The minimum Gasteiger partial charge on any atom is -0.488 e. The smallest absolute Gasteiger partial charge is 0.368 e. The van der Waals surface area contributed by atoms with Gasteiger partial charge in [0.05, 0.1) is 16.9 Å². The van der Waals surface area contributed by atoms with E-state index in [4.69, 9.17) is 9.47 Å². The van der Waals surface area contributed by atoms with Gasteiger partial charge in [-0.1, -0.05) is 6.07 Å². The summed E-state index contributed by atoms with van der Waals surface area (Å²) in [7, 11) is 3.36. The molecule has 160 valence electrons. The van der Waals surface area contributed by atoms with Crippen LogP contribution in [-0.4, -0.2) is 36.4 Å². The number of nitrogens with zero attached hydrogens (tertiary/aromatic N) is 6. The van der Waals surface area contributed by atoms with Crippen molar-refractivity contribution in [2.24, 2.45) is 14.1 Å². The third-order valence-corrected chi connectivity index (χ3v) is 4.82. The molecule has 0 atom stereocenters. The zero-order valence-electron chi connectivity index (χ0n) is 17.3. The summed E-state index contributed by atoms with van der Waals surface area (Å²) in [6.07, 6.45) is 1.88. The van der Waals surface area contributed by atoms with Gasteiger partial charge in [0, 0.05) is 25.9 Å². The van der Waals surface area contributed by atoms with Crippen LogP contribution in [0, 0.1) is 6.92 Å². The molecule has 2 heterocycles. The van der Waals surface area contributed by atoms with Crippen molar-refractivity contribution in [2.45, 2.75) is 13.5 Å². The van der Waals surface area contributed by atoms with Gasteiger partial charge in [0.15, 0.2) is 0 Å². The second-order valence-corrected chi connectivity index (χ2v) is 6.95. The van der Waals surface area contributed by atoms with Crippen LogP contribution < -0.4 is 15.2 Å². The van der Waals surface area contributed by atoms with Crippen molar-refractivity contribution in [3.63, 3.8) is 0 Å².